The molecule has 0 unspecified atom stereocenters. The van der Waals surface area contributed by atoms with Crippen LogP contribution in [-0.2, 0) is 11.4 Å². The lowest BCUT2D eigenvalue weighted by molar-refractivity contribution is -0.125. The van der Waals surface area contributed by atoms with Crippen molar-refractivity contribution in [2.75, 3.05) is 13.1 Å². The molecule has 1 aliphatic rings. The highest BCUT2D eigenvalue weighted by atomic mass is 19.1. The average Bonchev–Trinajstić information content (AvgIpc) is 2.77. The van der Waals surface area contributed by atoms with Gasteiger partial charge in [-0.25, -0.2) is 4.39 Å². The number of carbonyl (C=O) groups is 2. The lowest BCUT2D eigenvalue weighted by Crippen LogP contribution is -2.38. The van der Waals surface area contributed by atoms with Crippen molar-refractivity contribution in [1.82, 2.24) is 10.6 Å². The Kier molecular flexibility index (Phi) is 7.61. The van der Waals surface area contributed by atoms with Crippen LogP contribution in [0.25, 0.3) is 0 Å². The number of rotatable bonds is 8. The minimum atomic E-state index is -0.302. The smallest absolute Gasteiger partial charge is 0.255 e. The Labute approximate surface area is 170 Å². The van der Waals surface area contributed by atoms with Crippen LogP contribution in [0, 0.1) is 11.7 Å². The average molecular weight is 398 g/mol. The fourth-order valence-corrected chi connectivity index (χ4v) is 3.49. The van der Waals surface area contributed by atoms with Crippen molar-refractivity contribution < 1.29 is 18.7 Å². The van der Waals surface area contributed by atoms with Crippen molar-refractivity contribution in [3.05, 3.63) is 65.5 Å². The second kappa shape index (κ2) is 10.6. The number of nitrogens with one attached hydrogen (secondary N) is 2. The zero-order valence-electron chi connectivity index (χ0n) is 16.5. The molecule has 0 aliphatic heterocycles. The predicted molar refractivity (Wildman–Crippen MR) is 109 cm³/mol. The molecule has 1 fully saturated rings. The summed E-state index contributed by atoms with van der Waals surface area (Å²) < 4.78 is 18.8. The topological polar surface area (TPSA) is 67.4 Å². The maximum Gasteiger partial charge on any atom is 0.255 e. The molecular formula is C23H27FN2O3. The third-order valence-electron chi connectivity index (χ3n) is 5.13. The standard InChI is InChI=1S/C23H27FN2O3/c24-19-12-10-17(11-13-19)16-29-21-9-5-4-8-20(21)23(28)26-15-14-25-22(27)18-6-2-1-3-7-18/h4-5,8-13,18H,1-3,6-7,14-16H2,(H,25,27)(H,26,28). The molecule has 2 aromatic rings. The molecule has 6 heteroatoms. The third kappa shape index (κ3) is 6.31. The van der Waals surface area contributed by atoms with Gasteiger partial charge in [0.05, 0.1) is 5.56 Å². The van der Waals surface area contributed by atoms with Gasteiger partial charge < -0.3 is 15.4 Å². The summed E-state index contributed by atoms with van der Waals surface area (Å²) in [6.07, 6.45) is 5.35. The predicted octanol–water partition coefficient (Wildman–Crippen LogP) is 3.83. The summed E-state index contributed by atoms with van der Waals surface area (Å²) >= 11 is 0. The molecule has 1 saturated carbocycles. The molecule has 3 rings (SSSR count). The second-order valence-corrected chi connectivity index (χ2v) is 7.29. The molecule has 1 aliphatic carbocycles. The number of carbonyl (C=O) groups excluding carboxylic acids is 2. The zero-order valence-corrected chi connectivity index (χ0v) is 16.5. The van der Waals surface area contributed by atoms with Gasteiger partial charge in [-0.2, -0.15) is 0 Å². The Bertz CT molecular complexity index is 817. The van der Waals surface area contributed by atoms with Crippen LogP contribution < -0.4 is 15.4 Å². The zero-order chi connectivity index (χ0) is 20.5. The van der Waals surface area contributed by atoms with E-state index in [-0.39, 0.29) is 30.2 Å². The summed E-state index contributed by atoms with van der Waals surface area (Å²) in [5.41, 5.74) is 1.24. The largest absolute Gasteiger partial charge is 0.488 e. The van der Waals surface area contributed by atoms with E-state index in [1.807, 2.05) is 0 Å². The van der Waals surface area contributed by atoms with E-state index in [0.29, 0.717) is 24.4 Å². The first-order chi connectivity index (χ1) is 14.1. The quantitative estimate of drug-likeness (QED) is 0.664. The van der Waals surface area contributed by atoms with Crippen molar-refractivity contribution in [3.8, 4) is 5.75 Å². The van der Waals surface area contributed by atoms with Crippen molar-refractivity contribution in [2.45, 2.75) is 38.7 Å². The number of benzene rings is 2. The van der Waals surface area contributed by atoms with Crippen LogP contribution in [0.3, 0.4) is 0 Å². The lowest BCUT2D eigenvalue weighted by atomic mass is 9.89. The van der Waals surface area contributed by atoms with Gasteiger partial charge in [0.15, 0.2) is 0 Å². The normalized spacial score (nSPS) is 14.2. The molecule has 0 atom stereocenters. The van der Waals surface area contributed by atoms with Crippen LogP contribution in [0.4, 0.5) is 4.39 Å². The number of para-hydroxylation sites is 1. The van der Waals surface area contributed by atoms with Crippen LogP contribution in [0.15, 0.2) is 48.5 Å². The molecule has 2 aromatic carbocycles. The van der Waals surface area contributed by atoms with Gasteiger partial charge in [-0.05, 0) is 42.7 Å². The molecule has 0 saturated heterocycles. The Morgan fingerprint density at radius 1 is 0.931 bits per heavy atom. The van der Waals surface area contributed by atoms with E-state index in [1.165, 1.54) is 18.6 Å². The van der Waals surface area contributed by atoms with E-state index in [1.54, 1.807) is 36.4 Å². The number of ether oxygens (including phenoxy) is 1. The molecule has 0 bridgehead atoms. The molecule has 0 heterocycles. The van der Waals surface area contributed by atoms with Crippen LogP contribution in [0.2, 0.25) is 0 Å². The molecule has 2 amide bonds. The van der Waals surface area contributed by atoms with Crippen LogP contribution >= 0.6 is 0 Å². The van der Waals surface area contributed by atoms with Gasteiger partial charge in [0.2, 0.25) is 5.91 Å². The van der Waals surface area contributed by atoms with E-state index in [0.717, 1.165) is 31.2 Å². The highest BCUT2D eigenvalue weighted by molar-refractivity contribution is 5.96. The van der Waals surface area contributed by atoms with E-state index >= 15 is 0 Å². The molecule has 2 N–H and O–H groups in total. The SMILES string of the molecule is O=C(NCCNC(=O)C1CCCCC1)c1ccccc1OCc1ccc(F)cc1. The van der Waals surface area contributed by atoms with E-state index in [4.69, 9.17) is 4.74 Å². The first kappa shape index (κ1) is 20.8. The van der Waals surface area contributed by atoms with Crippen LogP contribution in [-0.4, -0.2) is 24.9 Å². The highest BCUT2D eigenvalue weighted by Gasteiger charge is 2.20. The number of halogens is 1. The maximum absolute atomic E-state index is 13.0. The van der Waals surface area contributed by atoms with Crippen molar-refractivity contribution in [1.29, 1.82) is 0 Å². The minimum absolute atomic E-state index is 0.0852. The molecule has 154 valence electrons. The fraction of sp³-hybridized carbons (Fsp3) is 0.391. The van der Waals surface area contributed by atoms with Crippen molar-refractivity contribution >= 4 is 11.8 Å². The van der Waals surface area contributed by atoms with Gasteiger partial charge in [-0.1, -0.05) is 43.5 Å². The minimum Gasteiger partial charge on any atom is -0.488 e. The molecule has 0 radical (unpaired) electrons. The Morgan fingerprint density at radius 2 is 1.62 bits per heavy atom. The summed E-state index contributed by atoms with van der Waals surface area (Å²) in [4.78, 5) is 24.7. The first-order valence-electron chi connectivity index (χ1n) is 10.2. The number of amides is 2. The Morgan fingerprint density at radius 3 is 2.38 bits per heavy atom. The first-order valence-corrected chi connectivity index (χ1v) is 10.2. The van der Waals surface area contributed by atoms with Crippen molar-refractivity contribution in [2.24, 2.45) is 5.92 Å². The van der Waals surface area contributed by atoms with Gasteiger partial charge in [-0.15, -0.1) is 0 Å². The second-order valence-electron chi connectivity index (χ2n) is 7.29. The summed E-state index contributed by atoms with van der Waals surface area (Å²) in [5, 5.41) is 5.73. The summed E-state index contributed by atoms with van der Waals surface area (Å²) in [7, 11) is 0. The van der Waals surface area contributed by atoms with Gasteiger partial charge >= 0.3 is 0 Å². The van der Waals surface area contributed by atoms with Gasteiger partial charge in [-0.3, -0.25) is 9.59 Å². The molecule has 5 nitrogen and oxygen atoms in total. The van der Waals surface area contributed by atoms with E-state index < -0.39 is 0 Å². The molecule has 0 aromatic heterocycles. The van der Waals surface area contributed by atoms with Crippen LogP contribution in [0.5, 0.6) is 5.75 Å². The summed E-state index contributed by atoms with van der Waals surface area (Å²) in [5.74, 6) is 0.0957. The Balaban J connectivity index is 1.46. The molecule has 0 spiro atoms. The third-order valence-corrected chi connectivity index (χ3v) is 5.13. The lowest BCUT2D eigenvalue weighted by Gasteiger charge is -2.20. The Hall–Kier alpha value is -2.89. The molecule has 29 heavy (non-hydrogen) atoms. The number of hydrogen-bond acceptors (Lipinski definition) is 3. The van der Waals surface area contributed by atoms with Gasteiger partial charge in [0, 0.05) is 19.0 Å². The molecular weight excluding hydrogens is 371 g/mol. The highest BCUT2D eigenvalue weighted by Crippen LogP contribution is 2.23. The van der Waals surface area contributed by atoms with E-state index in [2.05, 4.69) is 10.6 Å². The van der Waals surface area contributed by atoms with Crippen molar-refractivity contribution in [3.63, 3.8) is 0 Å². The monoisotopic (exact) mass is 398 g/mol. The summed E-state index contributed by atoms with van der Waals surface area (Å²) in [6, 6.07) is 13.0. The number of hydrogen-bond donors (Lipinski definition) is 2. The van der Waals surface area contributed by atoms with E-state index in [9.17, 15) is 14.0 Å². The fourth-order valence-electron chi connectivity index (χ4n) is 3.49. The maximum atomic E-state index is 13.0. The van der Waals surface area contributed by atoms with Gasteiger partial charge in [0.25, 0.3) is 5.91 Å². The van der Waals surface area contributed by atoms with Gasteiger partial charge in [0.1, 0.15) is 18.2 Å². The summed E-state index contributed by atoms with van der Waals surface area (Å²) in [6.45, 7) is 0.991. The van der Waals surface area contributed by atoms with Crippen LogP contribution in [0.1, 0.15) is 48.0 Å².